The molecular weight excluding hydrogens is 362 g/mol. The predicted octanol–water partition coefficient (Wildman–Crippen LogP) is 1.58. The molecule has 0 fully saturated rings. The van der Waals surface area contributed by atoms with Crippen LogP contribution in [0.5, 0.6) is 0 Å². The molecule has 0 saturated carbocycles. The summed E-state index contributed by atoms with van der Waals surface area (Å²) in [5.41, 5.74) is 7.32. The van der Waals surface area contributed by atoms with Crippen molar-refractivity contribution in [3.05, 3.63) is 44.6 Å². The third-order valence-electron chi connectivity index (χ3n) is 4.48. The molecule has 9 nitrogen and oxygen atoms in total. The molecule has 0 aliphatic rings. The van der Waals surface area contributed by atoms with Crippen LogP contribution in [0.2, 0.25) is 0 Å². The van der Waals surface area contributed by atoms with Crippen LogP contribution in [0.4, 0.5) is 5.69 Å². The highest BCUT2D eigenvalue weighted by atomic mass is 16.4. The second kappa shape index (κ2) is 7.71. The second-order valence-electron chi connectivity index (χ2n) is 6.67. The van der Waals surface area contributed by atoms with Crippen LogP contribution in [0, 0.1) is 0 Å². The molecule has 148 valence electrons. The Morgan fingerprint density at radius 1 is 1.18 bits per heavy atom. The molecule has 0 aliphatic heterocycles. The molecule has 9 heteroatoms. The minimum absolute atomic E-state index is 0.137. The van der Waals surface area contributed by atoms with E-state index in [4.69, 9.17) is 10.8 Å². The van der Waals surface area contributed by atoms with Crippen molar-refractivity contribution >= 4 is 22.8 Å². The number of hydrogen-bond acceptors (Lipinski definition) is 5. The smallest absolute Gasteiger partial charge is 0.332 e. The van der Waals surface area contributed by atoms with E-state index in [-0.39, 0.29) is 17.6 Å². The first-order valence-corrected chi connectivity index (χ1v) is 9.21. The van der Waals surface area contributed by atoms with E-state index in [0.29, 0.717) is 54.2 Å². The number of nitrogens with zero attached hydrogens (tertiary/aromatic N) is 3. The molecule has 0 unspecified atom stereocenters. The average Bonchev–Trinajstić information content (AvgIpc) is 3.07. The fraction of sp³-hybridized carbons (Fsp3) is 0.368. The van der Waals surface area contributed by atoms with Crippen LogP contribution in [0.15, 0.2) is 27.8 Å². The number of carbonyl (C=O) groups is 1. The lowest BCUT2D eigenvalue weighted by molar-refractivity contribution is -0.136. The van der Waals surface area contributed by atoms with Gasteiger partial charge >= 0.3 is 11.7 Å². The van der Waals surface area contributed by atoms with Crippen LogP contribution in [-0.4, -0.2) is 30.2 Å². The molecule has 2 aromatic heterocycles. The molecule has 1 aromatic carbocycles. The zero-order valence-corrected chi connectivity index (χ0v) is 15.9. The van der Waals surface area contributed by atoms with Gasteiger partial charge in [0.2, 0.25) is 0 Å². The first-order chi connectivity index (χ1) is 13.4. The first-order valence-electron chi connectivity index (χ1n) is 9.21. The lowest BCUT2D eigenvalue weighted by atomic mass is 10.1. The van der Waals surface area contributed by atoms with Gasteiger partial charge in [0, 0.05) is 24.3 Å². The van der Waals surface area contributed by atoms with Gasteiger partial charge < -0.3 is 15.8 Å². The van der Waals surface area contributed by atoms with Crippen LogP contribution < -0.4 is 17.0 Å². The summed E-state index contributed by atoms with van der Waals surface area (Å²) >= 11 is 0. The van der Waals surface area contributed by atoms with E-state index in [1.54, 1.807) is 18.2 Å². The first kappa shape index (κ1) is 19.4. The van der Waals surface area contributed by atoms with Gasteiger partial charge in [0.05, 0.1) is 6.42 Å². The quantitative estimate of drug-likeness (QED) is 0.528. The highest BCUT2D eigenvalue weighted by Crippen LogP contribution is 2.26. The van der Waals surface area contributed by atoms with Crippen molar-refractivity contribution in [3.8, 4) is 11.4 Å². The van der Waals surface area contributed by atoms with E-state index >= 15 is 0 Å². The molecule has 0 spiro atoms. The minimum Gasteiger partial charge on any atom is -0.481 e. The number of aryl methyl sites for hydroxylation is 1. The summed E-state index contributed by atoms with van der Waals surface area (Å²) in [6.45, 7) is 4.62. The van der Waals surface area contributed by atoms with Crippen molar-refractivity contribution in [1.29, 1.82) is 0 Å². The molecule has 0 amide bonds. The number of rotatable bonds is 7. The monoisotopic (exact) mass is 385 g/mol. The Morgan fingerprint density at radius 2 is 1.86 bits per heavy atom. The van der Waals surface area contributed by atoms with Gasteiger partial charge in [-0.1, -0.05) is 19.9 Å². The third-order valence-corrected chi connectivity index (χ3v) is 4.48. The number of aromatic nitrogens is 4. The van der Waals surface area contributed by atoms with Crippen molar-refractivity contribution < 1.29 is 9.90 Å². The van der Waals surface area contributed by atoms with Gasteiger partial charge in [0.1, 0.15) is 11.3 Å². The van der Waals surface area contributed by atoms with Crippen molar-refractivity contribution in [2.45, 2.75) is 46.2 Å². The number of nitrogens with one attached hydrogen (secondary N) is 1. The molecular formula is C19H23N5O4. The largest absolute Gasteiger partial charge is 0.481 e. The van der Waals surface area contributed by atoms with Crippen molar-refractivity contribution in [3.63, 3.8) is 0 Å². The summed E-state index contributed by atoms with van der Waals surface area (Å²) in [6, 6.07) is 4.89. The Kier molecular flexibility index (Phi) is 5.34. The van der Waals surface area contributed by atoms with E-state index in [2.05, 4.69) is 9.97 Å². The van der Waals surface area contributed by atoms with Crippen molar-refractivity contribution in [2.75, 3.05) is 5.73 Å². The number of aliphatic carboxylic acids is 1. The number of benzene rings is 1. The van der Waals surface area contributed by atoms with E-state index in [1.165, 1.54) is 9.13 Å². The summed E-state index contributed by atoms with van der Waals surface area (Å²) in [5, 5.41) is 8.92. The lowest BCUT2D eigenvalue weighted by Crippen LogP contribution is -2.40. The topological polar surface area (TPSA) is 136 Å². The van der Waals surface area contributed by atoms with Crippen LogP contribution in [0.25, 0.3) is 22.6 Å². The van der Waals surface area contributed by atoms with Gasteiger partial charge in [-0.2, -0.15) is 0 Å². The Balaban J connectivity index is 2.21. The number of nitrogens with two attached hydrogens (primary N) is 1. The number of nitrogen functional groups attached to an aromatic ring is 1. The molecule has 3 aromatic rings. The molecule has 0 radical (unpaired) electrons. The fourth-order valence-corrected chi connectivity index (χ4v) is 3.25. The number of aromatic amines is 1. The highest BCUT2D eigenvalue weighted by molar-refractivity contribution is 5.81. The van der Waals surface area contributed by atoms with E-state index in [1.807, 2.05) is 13.8 Å². The maximum absolute atomic E-state index is 12.8. The van der Waals surface area contributed by atoms with Crippen molar-refractivity contribution in [2.24, 2.45) is 0 Å². The summed E-state index contributed by atoms with van der Waals surface area (Å²) in [6.07, 6.45) is 1.24. The number of carboxylic acids is 1. The molecule has 0 bridgehead atoms. The summed E-state index contributed by atoms with van der Waals surface area (Å²) < 4.78 is 2.72. The number of imidazole rings is 1. The number of hydrogen-bond donors (Lipinski definition) is 3. The fourth-order valence-electron chi connectivity index (χ4n) is 3.25. The second-order valence-corrected chi connectivity index (χ2v) is 6.67. The molecule has 2 heterocycles. The molecule has 0 saturated heterocycles. The van der Waals surface area contributed by atoms with Gasteiger partial charge in [0.25, 0.3) is 5.56 Å². The van der Waals surface area contributed by atoms with E-state index < -0.39 is 11.5 Å². The van der Waals surface area contributed by atoms with Gasteiger partial charge in [-0.25, -0.2) is 9.78 Å². The summed E-state index contributed by atoms with van der Waals surface area (Å²) in [7, 11) is 0. The Hall–Kier alpha value is -3.36. The Bertz CT molecular complexity index is 1160. The van der Waals surface area contributed by atoms with Gasteiger partial charge in [0.15, 0.2) is 5.65 Å². The van der Waals surface area contributed by atoms with Crippen LogP contribution in [-0.2, 0) is 24.3 Å². The van der Waals surface area contributed by atoms with E-state index in [9.17, 15) is 14.4 Å². The molecule has 3 rings (SSSR count). The number of fused-ring (bicyclic) bond motifs is 1. The zero-order chi connectivity index (χ0) is 20.4. The number of carboxylic acid groups (broad SMARTS) is 1. The maximum Gasteiger partial charge on any atom is 0.332 e. The highest BCUT2D eigenvalue weighted by Gasteiger charge is 2.18. The average molecular weight is 385 g/mol. The molecule has 4 N–H and O–H groups in total. The van der Waals surface area contributed by atoms with Crippen LogP contribution in [0.1, 0.15) is 32.3 Å². The number of anilines is 1. The maximum atomic E-state index is 12.8. The molecule has 28 heavy (non-hydrogen) atoms. The third kappa shape index (κ3) is 3.42. The molecule has 0 aliphatic carbocycles. The van der Waals surface area contributed by atoms with Crippen LogP contribution >= 0.6 is 0 Å². The molecule has 0 atom stereocenters. The SMILES string of the molecule is CCCn1c(=O)c2[nH]c(-c3ccc(CC(=O)O)cc3N)nc2n(CCC)c1=O. The number of H-pyrrole nitrogens is 1. The van der Waals surface area contributed by atoms with Gasteiger partial charge in [-0.05, 0) is 30.5 Å². The Labute approximate surface area is 160 Å². The standard InChI is InChI=1S/C19H23N5O4/c1-3-7-23-17-15(18(27)24(8-4-2)19(23)28)21-16(22-17)12-6-5-11(9-13(12)20)10-14(25)26/h5-6,9H,3-4,7-8,10,20H2,1-2H3,(H,21,22)(H,25,26). The summed E-state index contributed by atoms with van der Waals surface area (Å²) in [4.78, 5) is 43.9. The zero-order valence-electron chi connectivity index (χ0n) is 15.9. The van der Waals surface area contributed by atoms with Gasteiger partial charge in [-0.3, -0.25) is 18.7 Å². The lowest BCUT2D eigenvalue weighted by Gasteiger charge is -2.09. The minimum atomic E-state index is -0.948. The Morgan fingerprint density at radius 3 is 2.46 bits per heavy atom. The predicted molar refractivity (Wildman–Crippen MR) is 106 cm³/mol. The normalized spacial score (nSPS) is 11.2. The van der Waals surface area contributed by atoms with Crippen LogP contribution in [0.3, 0.4) is 0 Å². The van der Waals surface area contributed by atoms with E-state index in [0.717, 1.165) is 0 Å². The summed E-state index contributed by atoms with van der Waals surface area (Å²) in [5.74, 6) is -0.582. The van der Waals surface area contributed by atoms with Crippen molar-refractivity contribution in [1.82, 2.24) is 19.1 Å². The van der Waals surface area contributed by atoms with Gasteiger partial charge in [-0.15, -0.1) is 0 Å².